The number of nitrogens with zero attached hydrogens (tertiary/aromatic N) is 2. The molecule has 0 radical (unpaired) electrons. The molecule has 0 bridgehead atoms. The summed E-state index contributed by atoms with van der Waals surface area (Å²) in [7, 11) is 1.59. The lowest BCUT2D eigenvalue weighted by molar-refractivity contribution is -0.110. The fourth-order valence-corrected chi connectivity index (χ4v) is 3.29. The topological polar surface area (TPSA) is 124 Å². The smallest absolute Gasteiger partial charge is 0.256 e. The third-order valence-corrected chi connectivity index (χ3v) is 4.66. The summed E-state index contributed by atoms with van der Waals surface area (Å²) in [6, 6.07) is 5.74. The van der Waals surface area contributed by atoms with E-state index in [0.717, 1.165) is 33.8 Å². The van der Waals surface area contributed by atoms with Gasteiger partial charge in [-0.2, -0.15) is 0 Å². The summed E-state index contributed by atoms with van der Waals surface area (Å²) < 4.78 is 0. The number of hydrogen-bond acceptors (Lipinski definition) is 4. The number of aromatic nitrogens is 1. The van der Waals surface area contributed by atoms with Gasteiger partial charge in [-0.25, -0.2) is 0 Å². The van der Waals surface area contributed by atoms with Crippen molar-refractivity contribution in [3.63, 3.8) is 0 Å². The van der Waals surface area contributed by atoms with E-state index in [2.05, 4.69) is 25.6 Å². The molecular weight excluding hydrogens is 344 g/mol. The summed E-state index contributed by atoms with van der Waals surface area (Å²) in [6.45, 7) is 4.12. The van der Waals surface area contributed by atoms with E-state index in [9.17, 15) is 9.59 Å². The molecule has 1 aliphatic rings. The van der Waals surface area contributed by atoms with E-state index in [1.165, 1.54) is 0 Å². The second-order valence-corrected chi connectivity index (χ2v) is 6.35. The van der Waals surface area contributed by atoms with Gasteiger partial charge < -0.3 is 15.6 Å². The fourth-order valence-electron chi connectivity index (χ4n) is 3.29. The van der Waals surface area contributed by atoms with Crippen LogP contribution in [0.4, 0.5) is 5.69 Å². The number of aromatic amines is 1. The number of rotatable bonds is 5. The number of nitrogens with one attached hydrogen (secondary N) is 4. The summed E-state index contributed by atoms with van der Waals surface area (Å²) in [5, 5.41) is 9.16. The zero-order valence-electron chi connectivity index (χ0n) is 15.4. The minimum Gasteiger partial charge on any atom is -0.358 e. The lowest BCUT2D eigenvalue weighted by Crippen LogP contribution is -2.19. The Hall–Kier alpha value is -3.51. The van der Waals surface area contributed by atoms with Crippen molar-refractivity contribution in [3.05, 3.63) is 51.8 Å². The van der Waals surface area contributed by atoms with Crippen molar-refractivity contribution in [3.8, 4) is 0 Å². The first-order chi connectivity index (χ1) is 13.0. The van der Waals surface area contributed by atoms with Crippen LogP contribution in [-0.2, 0) is 11.2 Å². The largest absolute Gasteiger partial charge is 0.358 e. The zero-order chi connectivity index (χ0) is 19.6. The first kappa shape index (κ1) is 18.3. The number of anilines is 1. The number of aryl methyl sites for hydroxylation is 1. The first-order valence-electron chi connectivity index (χ1n) is 8.57. The molecule has 0 unspecified atom stereocenters. The summed E-state index contributed by atoms with van der Waals surface area (Å²) in [5.41, 5.74) is 12.7. The second kappa shape index (κ2) is 7.39. The minimum absolute atomic E-state index is 0.159. The van der Waals surface area contributed by atoms with Crippen LogP contribution in [0, 0.1) is 19.4 Å². The van der Waals surface area contributed by atoms with E-state index in [1.54, 1.807) is 13.1 Å². The van der Waals surface area contributed by atoms with Crippen molar-refractivity contribution < 1.29 is 9.59 Å². The number of carbonyl (C=O) groups excluding carboxylic acids is 2. The van der Waals surface area contributed by atoms with E-state index in [4.69, 9.17) is 5.53 Å². The van der Waals surface area contributed by atoms with Gasteiger partial charge in [-0.15, -0.1) is 0 Å². The van der Waals surface area contributed by atoms with Crippen molar-refractivity contribution in [1.82, 2.24) is 15.2 Å². The normalized spacial score (nSPS) is 13.9. The molecule has 138 valence electrons. The summed E-state index contributed by atoms with van der Waals surface area (Å²) >= 11 is 0. The van der Waals surface area contributed by atoms with E-state index < -0.39 is 0 Å². The molecule has 8 nitrogen and oxygen atoms in total. The van der Waals surface area contributed by atoms with Crippen LogP contribution in [0.15, 0.2) is 23.3 Å². The highest BCUT2D eigenvalue weighted by atomic mass is 16.2. The van der Waals surface area contributed by atoms with Crippen LogP contribution < -0.4 is 15.5 Å². The highest BCUT2D eigenvalue weighted by Gasteiger charge is 2.25. The molecule has 8 heteroatoms. The van der Waals surface area contributed by atoms with Crippen LogP contribution in [0.3, 0.4) is 0 Å². The predicted molar refractivity (Wildman–Crippen MR) is 102 cm³/mol. The highest BCUT2D eigenvalue weighted by molar-refractivity contribution is 6.35. The molecule has 0 spiro atoms. The Morgan fingerprint density at radius 1 is 1.37 bits per heavy atom. The van der Waals surface area contributed by atoms with Crippen LogP contribution in [0.25, 0.3) is 11.6 Å². The Morgan fingerprint density at radius 3 is 2.85 bits per heavy atom. The lowest BCUT2D eigenvalue weighted by Gasteiger charge is -2.03. The Balaban J connectivity index is 2.01. The first-order valence-corrected chi connectivity index (χ1v) is 8.57. The van der Waals surface area contributed by atoms with Gasteiger partial charge >= 0.3 is 0 Å². The number of amides is 2. The average molecular weight is 365 g/mol. The van der Waals surface area contributed by atoms with Gasteiger partial charge in [-0.1, -0.05) is 6.07 Å². The van der Waals surface area contributed by atoms with Crippen LogP contribution in [-0.4, -0.2) is 30.4 Å². The van der Waals surface area contributed by atoms with Crippen LogP contribution in [0.5, 0.6) is 0 Å². The molecule has 1 aromatic carbocycles. The molecule has 3 rings (SSSR count). The maximum Gasteiger partial charge on any atom is 0.256 e. The molecule has 0 aliphatic carbocycles. The number of H-pyrrole nitrogens is 1. The number of fused-ring (bicyclic) bond motifs is 1. The summed E-state index contributed by atoms with van der Waals surface area (Å²) in [5.74, 6) is -0.339. The molecule has 1 aliphatic heterocycles. The Kier molecular flexibility index (Phi) is 5.00. The van der Waals surface area contributed by atoms with E-state index in [1.807, 2.05) is 32.0 Å². The molecule has 0 fully saturated rings. The maximum absolute atomic E-state index is 12.5. The van der Waals surface area contributed by atoms with E-state index in [-0.39, 0.29) is 11.8 Å². The van der Waals surface area contributed by atoms with E-state index in [0.29, 0.717) is 24.1 Å². The zero-order valence-corrected chi connectivity index (χ0v) is 15.4. The molecule has 0 saturated carbocycles. The predicted octanol–water partition coefficient (Wildman–Crippen LogP) is 2.58. The third-order valence-electron chi connectivity index (χ3n) is 4.66. The molecular formula is C19H21N6O2+. The minimum atomic E-state index is -0.179. The van der Waals surface area contributed by atoms with Gasteiger partial charge in [0.2, 0.25) is 4.91 Å². The van der Waals surface area contributed by atoms with Gasteiger partial charge in [0.25, 0.3) is 11.8 Å². The van der Waals surface area contributed by atoms with Crippen LogP contribution in [0.2, 0.25) is 0 Å². The monoisotopic (exact) mass is 365 g/mol. The number of benzene rings is 1. The molecule has 0 saturated heterocycles. The third kappa shape index (κ3) is 3.43. The Bertz CT molecular complexity index is 1010. The summed E-state index contributed by atoms with van der Waals surface area (Å²) in [4.78, 5) is 30.8. The van der Waals surface area contributed by atoms with Crippen molar-refractivity contribution >= 4 is 29.2 Å². The molecule has 27 heavy (non-hydrogen) atoms. The number of carbonyl (C=O) groups is 2. The molecule has 2 amide bonds. The van der Waals surface area contributed by atoms with Crippen molar-refractivity contribution in [2.45, 2.75) is 20.3 Å². The Labute approximate surface area is 156 Å². The van der Waals surface area contributed by atoms with Crippen molar-refractivity contribution in [1.29, 1.82) is 5.53 Å². The van der Waals surface area contributed by atoms with Crippen LogP contribution >= 0.6 is 0 Å². The van der Waals surface area contributed by atoms with Crippen molar-refractivity contribution in [2.24, 2.45) is 5.11 Å². The lowest BCUT2D eigenvalue weighted by atomic mass is 10.0. The van der Waals surface area contributed by atoms with Crippen LogP contribution in [0.1, 0.15) is 38.4 Å². The van der Waals surface area contributed by atoms with Gasteiger partial charge in [-0.3, -0.25) is 9.59 Å². The van der Waals surface area contributed by atoms with E-state index >= 15 is 0 Å². The van der Waals surface area contributed by atoms with Gasteiger partial charge in [0.15, 0.2) is 0 Å². The molecule has 1 aromatic heterocycles. The van der Waals surface area contributed by atoms with Gasteiger partial charge in [-0.05, 0) is 49.6 Å². The van der Waals surface area contributed by atoms with Crippen molar-refractivity contribution in [2.75, 3.05) is 18.9 Å². The Morgan fingerprint density at radius 2 is 2.15 bits per heavy atom. The standard InChI is InChI=1S/C19H20N6O2/c1-10-16(23-11(2)17(10)19(27)21-3)9-14-13-8-12(6-7-22-25-20)4-5-15(13)24-18(14)26/h4-5,8-9H,6-7H2,1-3H3,(H3,20,21,22,27)/p+1. The molecule has 0 atom stereocenters. The maximum atomic E-state index is 12.5. The number of hydrogen-bond donors (Lipinski definition) is 4. The average Bonchev–Trinajstić information content (AvgIpc) is 3.11. The summed E-state index contributed by atoms with van der Waals surface area (Å²) in [6.07, 6.45) is 2.42. The SMILES string of the molecule is CNC(=O)c1c(C)[nH]c(/C=C2\C(=O)Nc3ccc(CCN=[N+]=N)cc32)c1C. The highest BCUT2D eigenvalue weighted by Crippen LogP contribution is 2.34. The molecule has 2 heterocycles. The molecule has 2 aromatic rings. The molecule has 4 N–H and O–H groups in total. The van der Waals surface area contributed by atoms with Gasteiger partial charge in [0.05, 0.1) is 11.1 Å². The fraction of sp³-hybridized carbons (Fsp3) is 0.263. The van der Waals surface area contributed by atoms with Gasteiger partial charge in [0.1, 0.15) is 17.2 Å². The van der Waals surface area contributed by atoms with Gasteiger partial charge in [0, 0.05) is 29.7 Å². The second-order valence-electron chi connectivity index (χ2n) is 6.35. The quantitative estimate of drug-likeness (QED) is 0.369.